The van der Waals surface area contributed by atoms with Gasteiger partial charge in [-0.2, -0.15) is 13.2 Å². The first-order chi connectivity index (χ1) is 10.0. The number of alkyl halides is 3. The Hall–Kier alpha value is -2.09. The second-order valence-electron chi connectivity index (χ2n) is 4.93. The van der Waals surface area contributed by atoms with Crippen LogP contribution in [0.2, 0.25) is 0 Å². The predicted octanol–water partition coefficient (Wildman–Crippen LogP) is 0.993. The first kappa shape index (κ1) is 16.3. The predicted molar refractivity (Wildman–Crippen MR) is 78.8 cm³/mol. The highest BCUT2D eigenvalue weighted by atomic mass is 32.1. The van der Waals surface area contributed by atoms with E-state index in [1.807, 2.05) is 0 Å². The van der Waals surface area contributed by atoms with Crippen molar-refractivity contribution in [2.24, 2.45) is 11.5 Å². The van der Waals surface area contributed by atoms with Crippen LogP contribution in [0.4, 0.5) is 13.2 Å². The van der Waals surface area contributed by atoms with Crippen LogP contribution in [-0.4, -0.2) is 17.1 Å². The molecule has 0 saturated heterocycles. The maximum absolute atomic E-state index is 13.1. The highest BCUT2D eigenvalue weighted by Gasteiger charge is 2.39. The van der Waals surface area contributed by atoms with Crippen molar-refractivity contribution in [3.63, 3.8) is 0 Å². The fourth-order valence-electron chi connectivity index (χ4n) is 2.42. The van der Waals surface area contributed by atoms with Gasteiger partial charge in [0.15, 0.2) is 0 Å². The van der Waals surface area contributed by atoms with Crippen LogP contribution in [-0.2, 0) is 4.79 Å². The molecule has 22 heavy (non-hydrogen) atoms. The van der Waals surface area contributed by atoms with Crippen molar-refractivity contribution in [1.29, 1.82) is 0 Å². The maximum Gasteiger partial charge on any atom is 0.413 e. The van der Waals surface area contributed by atoms with E-state index >= 15 is 0 Å². The summed E-state index contributed by atoms with van der Waals surface area (Å²) in [6.45, 7) is 6.37. The fourth-order valence-corrected chi connectivity index (χ4v) is 3.33. The van der Waals surface area contributed by atoms with Gasteiger partial charge in [0, 0.05) is 23.3 Å². The summed E-state index contributed by atoms with van der Waals surface area (Å²) in [4.78, 5) is 15.7. The zero-order valence-corrected chi connectivity index (χ0v) is 12.8. The SMILES string of the molecule is C=c1nc(C)s/c1=C1\CC(N)=C(C(N)=O)\C1=C(\C)C(F)(F)F. The van der Waals surface area contributed by atoms with Gasteiger partial charge in [0.05, 0.1) is 20.5 Å². The van der Waals surface area contributed by atoms with Crippen LogP contribution < -0.4 is 21.3 Å². The van der Waals surface area contributed by atoms with E-state index in [4.69, 9.17) is 11.5 Å². The highest BCUT2D eigenvalue weighted by Crippen LogP contribution is 2.41. The van der Waals surface area contributed by atoms with E-state index in [0.717, 1.165) is 6.92 Å². The summed E-state index contributed by atoms with van der Waals surface area (Å²) in [5.74, 6) is -0.974. The number of nitrogens with zero attached hydrogens (tertiary/aromatic N) is 1. The number of amides is 1. The molecule has 0 saturated carbocycles. The molecule has 2 rings (SSSR count). The second-order valence-corrected chi connectivity index (χ2v) is 6.13. The fraction of sp³-hybridized carbons (Fsp3) is 0.286. The summed E-state index contributed by atoms with van der Waals surface area (Å²) >= 11 is 1.21. The van der Waals surface area contributed by atoms with Gasteiger partial charge in [-0.05, 0) is 19.4 Å². The molecular weight excluding hydrogens is 315 g/mol. The molecule has 1 aliphatic rings. The van der Waals surface area contributed by atoms with Crippen LogP contribution in [0.15, 0.2) is 22.4 Å². The molecule has 0 unspecified atom stereocenters. The zero-order valence-electron chi connectivity index (χ0n) is 12.0. The van der Waals surface area contributed by atoms with E-state index in [0.29, 0.717) is 20.5 Å². The normalized spacial score (nSPS) is 20.6. The van der Waals surface area contributed by atoms with Crippen molar-refractivity contribution in [2.45, 2.75) is 26.4 Å². The third kappa shape index (κ3) is 2.66. The first-order valence-corrected chi connectivity index (χ1v) is 7.08. The highest BCUT2D eigenvalue weighted by molar-refractivity contribution is 7.09. The lowest BCUT2D eigenvalue weighted by atomic mass is 9.98. The van der Waals surface area contributed by atoms with Crippen molar-refractivity contribution in [1.82, 2.24) is 4.98 Å². The molecule has 118 valence electrons. The largest absolute Gasteiger partial charge is 0.413 e. The zero-order chi connectivity index (χ0) is 16.8. The standard InChI is InChI=1S/C14H14F3N3OS/c1-5(14(15,16)17)10-8(4-9(18)11(10)13(19)21)12-6(2)20-7(3)22-12/h2,4,18H2,1,3H3,(H2,19,21)/b10-5-,12-8+. The Balaban J connectivity index is 2.92. The maximum atomic E-state index is 13.1. The molecule has 1 aromatic rings. The number of hydrogen-bond donors (Lipinski definition) is 2. The summed E-state index contributed by atoms with van der Waals surface area (Å²) in [7, 11) is 0. The van der Waals surface area contributed by atoms with E-state index in [2.05, 4.69) is 11.6 Å². The molecule has 4 N–H and O–H groups in total. The number of primary amides is 1. The summed E-state index contributed by atoms with van der Waals surface area (Å²) in [6, 6.07) is 0. The lowest BCUT2D eigenvalue weighted by molar-refractivity contribution is -0.114. The lowest BCUT2D eigenvalue weighted by Gasteiger charge is -2.13. The van der Waals surface area contributed by atoms with Crippen molar-refractivity contribution >= 4 is 29.4 Å². The van der Waals surface area contributed by atoms with E-state index in [-0.39, 0.29) is 23.3 Å². The number of halogens is 3. The number of nitrogens with two attached hydrogens (primary N) is 2. The second kappa shape index (κ2) is 5.28. The quantitative estimate of drug-likeness (QED) is 0.806. The summed E-state index contributed by atoms with van der Waals surface area (Å²) in [5, 5.41) is 1.03. The number of aryl methyl sites for hydroxylation is 1. The van der Waals surface area contributed by atoms with Crippen LogP contribution in [0, 0.1) is 6.92 Å². The van der Waals surface area contributed by atoms with Gasteiger partial charge in [0.1, 0.15) is 0 Å². The van der Waals surface area contributed by atoms with Gasteiger partial charge in [-0.1, -0.05) is 6.58 Å². The molecule has 1 heterocycles. The third-order valence-corrected chi connectivity index (χ3v) is 4.44. The first-order valence-electron chi connectivity index (χ1n) is 6.26. The van der Waals surface area contributed by atoms with Crippen LogP contribution in [0.3, 0.4) is 0 Å². The molecule has 0 radical (unpaired) electrons. The number of rotatable bonds is 1. The van der Waals surface area contributed by atoms with E-state index < -0.39 is 17.7 Å². The van der Waals surface area contributed by atoms with Gasteiger partial charge in [0.25, 0.3) is 5.91 Å². The van der Waals surface area contributed by atoms with Gasteiger partial charge in [0.2, 0.25) is 0 Å². The summed E-state index contributed by atoms with van der Waals surface area (Å²) < 4.78 is 39.9. The molecule has 4 nitrogen and oxygen atoms in total. The molecule has 0 atom stereocenters. The van der Waals surface area contributed by atoms with Gasteiger partial charge in [-0.15, -0.1) is 11.3 Å². The average Bonchev–Trinajstić information content (AvgIpc) is 2.86. The molecule has 0 fully saturated rings. The van der Waals surface area contributed by atoms with E-state index in [1.165, 1.54) is 11.3 Å². The Morgan fingerprint density at radius 2 is 2.00 bits per heavy atom. The Morgan fingerprint density at radius 3 is 2.41 bits per heavy atom. The number of carbonyl (C=O) groups excluding carboxylic acids is 1. The van der Waals surface area contributed by atoms with E-state index in [9.17, 15) is 18.0 Å². The topological polar surface area (TPSA) is 82.0 Å². The van der Waals surface area contributed by atoms with Gasteiger partial charge < -0.3 is 11.5 Å². The Labute approximate surface area is 128 Å². The minimum absolute atomic E-state index is 0.0190. The van der Waals surface area contributed by atoms with Gasteiger partial charge in [-0.25, -0.2) is 4.98 Å². The van der Waals surface area contributed by atoms with Crippen LogP contribution in [0.5, 0.6) is 0 Å². The van der Waals surface area contributed by atoms with Crippen molar-refractivity contribution < 1.29 is 18.0 Å². The minimum Gasteiger partial charge on any atom is -0.401 e. The Morgan fingerprint density at radius 1 is 1.41 bits per heavy atom. The molecule has 1 amide bonds. The molecule has 8 heteroatoms. The molecule has 0 aromatic carbocycles. The molecular formula is C14H14F3N3OS. The molecule has 1 aliphatic carbocycles. The molecule has 1 aromatic heterocycles. The number of hydrogen-bond acceptors (Lipinski definition) is 4. The third-order valence-electron chi connectivity index (χ3n) is 3.37. The molecule has 0 spiro atoms. The minimum atomic E-state index is -4.59. The van der Waals surface area contributed by atoms with Crippen LogP contribution in [0.25, 0.3) is 12.2 Å². The van der Waals surface area contributed by atoms with Crippen LogP contribution in [0.1, 0.15) is 18.4 Å². The molecule has 0 aliphatic heterocycles. The van der Waals surface area contributed by atoms with Crippen LogP contribution >= 0.6 is 11.3 Å². The monoisotopic (exact) mass is 329 g/mol. The number of thiazole rings is 1. The van der Waals surface area contributed by atoms with Crippen molar-refractivity contribution in [3.05, 3.63) is 37.3 Å². The summed E-state index contributed by atoms with van der Waals surface area (Å²) in [5.41, 5.74) is 9.90. The number of allylic oxidation sites excluding steroid dienone is 2. The van der Waals surface area contributed by atoms with Crippen molar-refractivity contribution in [2.75, 3.05) is 0 Å². The van der Waals surface area contributed by atoms with Crippen molar-refractivity contribution in [3.8, 4) is 0 Å². The summed E-state index contributed by atoms with van der Waals surface area (Å²) in [6.07, 6.45) is -4.57. The number of carbonyl (C=O) groups is 1. The number of aromatic nitrogens is 1. The average molecular weight is 329 g/mol. The van der Waals surface area contributed by atoms with Gasteiger partial charge in [-0.3, -0.25) is 4.79 Å². The lowest BCUT2D eigenvalue weighted by Crippen LogP contribution is -2.25. The Kier molecular flexibility index (Phi) is 3.90. The Bertz CT molecular complexity index is 830. The molecule has 0 bridgehead atoms. The smallest absolute Gasteiger partial charge is 0.401 e. The van der Waals surface area contributed by atoms with E-state index in [1.54, 1.807) is 6.92 Å². The van der Waals surface area contributed by atoms with Gasteiger partial charge >= 0.3 is 6.18 Å².